The Morgan fingerprint density at radius 1 is 0.949 bits per heavy atom. The topological polar surface area (TPSA) is 112 Å². The van der Waals surface area contributed by atoms with Gasteiger partial charge in [0.25, 0.3) is 5.56 Å². The molecule has 4 heterocycles. The Bertz CT molecular complexity index is 1940. The molecule has 0 fully saturated rings. The summed E-state index contributed by atoms with van der Waals surface area (Å²) in [5.74, 6) is 0.0938. The van der Waals surface area contributed by atoms with Crippen molar-refractivity contribution in [1.29, 1.82) is 0 Å². The van der Waals surface area contributed by atoms with Gasteiger partial charge in [0.15, 0.2) is 5.82 Å². The van der Waals surface area contributed by atoms with Crippen molar-refractivity contribution in [1.82, 2.24) is 24.5 Å². The summed E-state index contributed by atoms with van der Waals surface area (Å²) in [7, 11) is 0. The minimum atomic E-state index is -0.448. The summed E-state index contributed by atoms with van der Waals surface area (Å²) in [6.45, 7) is 3.81. The SMILES string of the molecule is Cc1cc(-c2cccc3cc([C@H](C)Nc4nc(N)nc5cccnc45)n(-c4cccc(F)c4)c(=O)c23)ccn1. The number of hydrogen-bond acceptors (Lipinski definition) is 7. The van der Waals surface area contributed by atoms with Crippen molar-refractivity contribution in [2.45, 2.75) is 19.9 Å². The number of pyridine rings is 3. The Labute approximate surface area is 223 Å². The third-order valence-corrected chi connectivity index (χ3v) is 6.62. The first-order valence-corrected chi connectivity index (χ1v) is 12.4. The van der Waals surface area contributed by atoms with Gasteiger partial charge in [-0.3, -0.25) is 19.3 Å². The van der Waals surface area contributed by atoms with E-state index in [0.717, 1.165) is 22.2 Å². The number of fused-ring (bicyclic) bond motifs is 2. The number of nitrogens with zero attached hydrogens (tertiary/aromatic N) is 5. The molecule has 192 valence electrons. The highest BCUT2D eigenvalue weighted by Gasteiger charge is 2.20. The zero-order valence-corrected chi connectivity index (χ0v) is 21.3. The largest absolute Gasteiger partial charge is 0.368 e. The van der Waals surface area contributed by atoms with Crippen molar-refractivity contribution < 1.29 is 4.39 Å². The van der Waals surface area contributed by atoms with Crippen molar-refractivity contribution in [3.05, 3.63) is 113 Å². The fraction of sp³-hybridized carbons (Fsp3) is 0.100. The van der Waals surface area contributed by atoms with Crippen molar-refractivity contribution >= 4 is 33.6 Å². The fourth-order valence-corrected chi connectivity index (χ4v) is 4.90. The first-order valence-electron chi connectivity index (χ1n) is 12.4. The Hall–Kier alpha value is -5.18. The number of nitrogens with one attached hydrogen (secondary N) is 1. The van der Waals surface area contributed by atoms with Crippen LogP contribution in [0.15, 0.2) is 90.0 Å². The molecule has 0 unspecified atom stereocenters. The lowest BCUT2D eigenvalue weighted by molar-refractivity contribution is 0.625. The van der Waals surface area contributed by atoms with E-state index in [4.69, 9.17) is 5.73 Å². The van der Waals surface area contributed by atoms with Gasteiger partial charge in [0.05, 0.1) is 22.6 Å². The maximum absolute atomic E-state index is 14.4. The molecule has 0 bridgehead atoms. The molecule has 0 aliphatic rings. The summed E-state index contributed by atoms with van der Waals surface area (Å²) in [5, 5.41) is 4.64. The summed E-state index contributed by atoms with van der Waals surface area (Å²) >= 11 is 0. The van der Waals surface area contributed by atoms with Crippen LogP contribution in [0.1, 0.15) is 24.4 Å². The van der Waals surface area contributed by atoms with Crippen LogP contribution in [0, 0.1) is 12.7 Å². The number of nitrogens with two attached hydrogens (primary N) is 1. The number of rotatable bonds is 5. The summed E-state index contributed by atoms with van der Waals surface area (Å²) in [5.41, 5.74) is 10.4. The molecule has 0 spiro atoms. The van der Waals surface area contributed by atoms with E-state index in [2.05, 4.69) is 25.3 Å². The van der Waals surface area contributed by atoms with Crippen LogP contribution in [0.2, 0.25) is 0 Å². The second kappa shape index (κ2) is 9.60. The van der Waals surface area contributed by atoms with Crippen LogP contribution in [0.5, 0.6) is 0 Å². The molecule has 39 heavy (non-hydrogen) atoms. The van der Waals surface area contributed by atoms with Gasteiger partial charge < -0.3 is 11.1 Å². The van der Waals surface area contributed by atoms with E-state index in [0.29, 0.717) is 33.6 Å². The molecular formula is C30H24FN7O. The van der Waals surface area contributed by atoms with Gasteiger partial charge >= 0.3 is 0 Å². The number of anilines is 2. The monoisotopic (exact) mass is 517 g/mol. The third kappa shape index (κ3) is 4.44. The van der Waals surface area contributed by atoms with E-state index in [1.807, 2.05) is 50.2 Å². The Morgan fingerprint density at radius 3 is 2.62 bits per heavy atom. The maximum atomic E-state index is 14.4. The van der Waals surface area contributed by atoms with Crippen molar-refractivity contribution in [3.8, 4) is 16.8 Å². The number of nitrogen functional groups attached to an aromatic ring is 1. The lowest BCUT2D eigenvalue weighted by atomic mass is 9.98. The van der Waals surface area contributed by atoms with Gasteiger partial charge in [-0.15, -0.1) is 0 Å². The first-order chi connectivity index (χ1) is 18.9. The molecule has 3 N–H and O–H groups in total. The smallest absolute Gasteiger partial charge is 0.263 e. The Balaban J connectivity index is 1.59. The minimum absolute atomic E-state index is 0.100. The van der Waals surface area contributed by atoms with Gasteiger partial charge in [0.2, 0.25) is 5.95 Å². The maximum Gasteiger partial charge on any atom is 0.263 e. The van der Waals surface area contributed by atoms with E-state index < -0.39 is 11.9 Å². The van der Waals surface area contributed by atoms with Gasteiger partial charge in [-0.25, -0.2) is 9.37 Å². The van der Waals surface area contributed by atoms with E-state index >= 15 is 0 Å². The zero-order chi connectivity index (χ0) is 27.1. The third-order valence-electron chi connectivity index (χ3n) is 6.62. The van der Waals surface area contributed by atoms with Crippen LogP contribution in [-0.4, -0.2) is 24.5 Å². The average Bonchev–Trinajstić information content (AvgIpc) is 2.92. The average molecular weight is 518 g/mol. The minimum Gasteiger partial charge on any atom is -0.368 e. The Kier molecular flexibility index (Phi) is 5.95. The molecule has 4 aromatic heterocycles. The molecule has 0 radical (unpaired) electrons. The number of benzene rings is 2. The highest BCUT2D eigenvalue weighted by molar-refractivity contribution is 5.96. The molecule has 0 aliphatic heterocycles. The van der Waals surface area contributed by atoms with E-state index in [1.165, 1.54) is 12.1 Å². The highest BCUT2D eigenvalue weighted by Crippen LogP contribution is 2.31. The van der Waals surface area contributed by atoms with Crippen molar-refractivity contribution in [3.63, 3.8) is 0 Å². The molecule has 8 nitrogen and oxygen atoms in total. The van der Waals surface area contributed by atoms with Crippen LogP contribution >= 0.6 is 0 Å². The van der Waals surface area contributed by atoms with Gasteiger partial charge in [-0.2, -0.15) is 4.98 Å². The van der Waals surface area contributed by atoms with E-state index in [-0.39, 0.29) is 11.5 Å². The first kappa shape index (κ1) is 24.2. The molecule has 0 aliphatic carbocycles. The molecular weight excluding hydrogens is 493 g/mol. The molecule has 0 saturated carbocycles. The van der Waals surface area contributed by atoms with Crippen LogP contribution < -0.4 is 16.6 Å². The van der Waals surface area contributed by atoms with Gasteiger partial charge in [0.1, 0.15) is 11.3 Å². The normalized spacial score (nSPS) is 12.1. The molecule has 6 aromatic rings. The van der Waals surface area contributed by atoms with E-state index in [1.54, 1.807) is 41.2 Å². The summed E-state index contributed by atoms with van der Waals surface area (Å²) in [4.78, 5) is 31.6. The Morgan fingerprint density at radius 2 is 1.79 bits per heavy atom. The second-order valence-corrected chi connectivity index (χ2v) is 9.31. The predicted octanol–water partition coefficient (Wildman–Crippen LogP) is 5.59. The van der Waals surface area contributed by atoms with Gasteiger partial charge in [-0.05, 0) is 78.9 Å². The molecule has 6 rings (SSSR count). The second-order valence-electron chi connectivity index (χ2n) is 9.31. The number of aryl methyl sites for hydroxylation is 1. The molecule has 9 heteroatoms. The van der Waals surface area contributed by atoms with Crippen molar-refractivity contribution in [2.24, 2.45) is 0 Å². The van der Waals surface area contributed by atoms with Crippen molar-refractivity contribution in [2.75, 3.05) is 11.1 Å². The lowest BCUT2D eigenvalue weighted by Crippen LogP contribution is -2.26. The standard InChI is InChI=1S/C30H24FN7O/c1-17-14-19(11-13-33-17)23-9-3-6-20-15-25(38(29(39)26(20)23)22-8-4-7-21(31)16-22)18(2)35-28-27-24(10-5-12-34-27)36-30(32)37-28/h3-16,18H,1-2H3,(H3,32,35,36,37)/t18-/m0/s1. The molecule has 2 aromatic carbocycles. The fourth-order valence-electron chi connectivity index (χ4n) is 4.90. The number of aromatic nitrogens is 5. The summed E-state index contributed by atoms with van der Waals surface area (Å²) < 4.78 is 16.0. The van der Waals surface area contributed by atoms with Gasteiger partial charge in [0, 0.05) is 23.8 Å². The summed E-state index contributed by atoms with van der Waals surface area (Å²) in [6, 6.07) is 20.6. The van der Waals surface area contributed by atoms with E-state index in [9.17, 15) is 9.18 Å². The predicted molar refractivity (Wildman–Crippen MR) is 151 cm³/mol. The quantitative estimate of drug-likeness (QED) is 0.306. The van der Waals surface area contributed by atoms with Crippen LogP contribution in [0.3, 0.4) is 0 Å². The van der Waals surface area contributed by atoms with Crippen LogP contribution in [0.25, 0.3) is 38.6 Å². The highest BCUT2D eigenvalue weighted by atomic mass is 19.1. The van der Waals surface area contributed by atoms with Gasteiger partial charge in [-0.1, -0.05) is 24.3 Å². The van der Waals surface area contributed by atoms with Crippen LogP contribution in [-0.2, 0) is 0 Å². The zero-order valence-electron chi connectivity index (χ0n) is 21.3. The number of halogens is 1. The molecule has 0 amide bonds. The molecule has 0 saturated heterocycles. The number of hydrogen-bond donors (Lipinski definition) is 2. The lowest BCUT2D eigenvalue weighted by Gasteiger charge is -2.22. The van der Waals surface area contributed by atoms with Crippen LogP contribution in [0.4, 0.5) is 16.2 Å². The molecule has 1 atom stereocenters. The summed E-state index contributed by atoms with van der Waals surface area (Å²) in [6.07, 6.45) is 3.37.